The number of hydrogen-bond acceptors (Lipinski definition) is 3. The van der Waals surface area contributed by atoms with Crippen molar-refractivity contribution in [1.29, 1.82) is 0 Å². The Bertz CT molecular complexity index is 547. The van der Waals surface area contributed by atoms with Crippen LogP contribution in [0.1, 0.15) is 48.5 Å². The summed E-state index contributed by atoms with van der Waals surface area (Å²) in [5.41, 5.74) is 1.96. The van der Waals surface area contributed by atoms with E-state index in [9.17, 15) is 4.79 Å². The molecule has 2 aliphatic rings. The van der Waals surface area contributed by atoms with Crippen molar-refractivity contribution < 1.29 is 9.53 Å². The molecule has 4 nitrogen and oxygen atoms in total. The number of piperidine rings is 1. The van der Waals surface area contributed by atoms with Crippen LogP contribution in [0.25, 0.3) is 0 Å². The summed E-state index contributed by atoms with van der Waals surface area (Å²) in [5.74, 6) is 1.47. The molecule has 2 heterocycles. The molecule has 1 N–H and O–H groups in total. The van der Waals surface area contributed by atoms with Gasteiger partial charge < -0.3 is 15.0 Å². The highest BCUT2D eigenvalue weighted by atomic mass is 16.5. The highest BCUT2D eigenvalue weighted by Crippen LogP contribution is 2.20. The second kappa shape index (κ2) is 9.35. The molecule has 1 aromatic carbocycles. The summed E-state index contributed by atoms with van der Waals surface area (Å²) < 4.78 is 5.46. The topological polar surface area (TPSA) is 41.6 Å². The standard InChI is InChI=1S/C21H32N2O2/c1-2-19-5-3-4-6-20(19)21(24)22-15-17-7-11-23(12-8-17)13-9-18-10-14-25-16-18/h3-6,17-18H,2,7-16H2,1H3,(H,22,24). The normalized spacial score (nSPS) is 22.2. The second-order valence-electron chi connectivity index (χ2n) is 7.52. The van der Waals surface area contributed by atoms with Crippen LogP contribution in [0, 0.1) is 11.8 Å². The van der Waals surface area contributed by atoms with Crippen LogP contribution in [-0.2, 0) is 11.2 Å². The first-order valence-electron chi connectivity index (χ1n) is 9.92. The van der Waals surface area contributed by atoms with Crippen LogP contribution in [0.15, 0.2) is 24.3 Å². The molecule has 4 heteroatoms. The van der Waals surface area contributed by atoms with E-state index < -0.39 is 0 Å². The summed E-state index contributed by atoms with van der Waals surface area (Å²) in [7, 11) is 0. The maximum absolute atomic E-state index is 12.4. The molecule has 2 saturated heterocycles. The molecule has 1 amide bonds. The van der Waals surface area contributed by atoms with Gasteiger partial charge in [-0.05, 0) is 75.2 Å². The summed E-state index contributed by atoms with van der Waals surface area (Å²) in [5, 5.41) is 3.16. The van der Waals surface area contributed by atoms with Gasteiger partial charge in [0.2, 0.25) is 0 Å². The van der Waals surface area contributed by atoms with Crippen molar-refractivity contribution in [1.82, 2.24) is 10.2 Å². The maximum Gasteiger partial charge on any atom is 0.251 e. The van der Waals surface area contributed by atoms with Crippen LogP contribution in [0.4, 0.5) is 0 Å². The van der Waals surface area contributed by atoms with Crippen molar-refractivity contribution in [2.45, 2.75) is 39.0 Å². The molecule has 0 saturated carbocycles. The van der Waals surface area contributed by atoms with Gasteiger partial charge in [-0.15, -0.1) is 0 Å². The van der Waals surface area contributed by atoms with Crippen LogP contribution in [0.5, 0.6) is 0 Å². The van der Waals surface area contributed by atoms with E-state index in [1.807, 2.05) is 24.3 Å². The first-order valence-corrected chi connectivity index (χ1v) is 9.92. The number of nitrogens with zero attached hydrogens (tertiary/aromatic N) is 1. The quantitative estimate of drug-likeness (QED) is 0.826. The van der Waals surface area contributed by atoms with E-state index in [4.69, 9.17) is 4.74 Å². The fraction of sp³-hybridized carbons (Fsp3) is 0.667. The van der Waals surface area contributed by atoms with E-state index >= 15 is 0 Å². The van der Waals surface area contributed by atoms with Crippen molar-refractivity contribution in [2.24, 2.45) is 11.8 Å². The number of ether oxygens (including phenoxy) is 1. The zero-order chi connectivity index (χ0) is 17.5. The van der Waals surface area contributed by atoms with E-state index in [0.717, 1.165) is 43.2 Å². The minimum absolute atomic E-state index is 0.0844. The molecule has 3 rings (SSSR count). The third kappa shape index (κ3) is 5.29. The molecule has 0 aromatic heterocycles. The predicted molar refractivity (Wildman–Crippen MR) is 101 cm³/mol. The molecule has 0 radical (unpaired) electrons. The minimum Gasteiger partial charge on any atom is -0.381 e. The fourth-order valence-corrected chi connectivity index (χ4v) is 3.97. The number of aryl methyl sites for hydroxylation is 1. The lowest BCUT2D eigenvalue weighted by Crippen LogP contribution is -2.39. The number of nitrogens with one attached hydrogen (secondary N) is 1. The Balaban J connectivity index is 1.36. The zero-order valence-electron chi connectivity index (χ0n) is 15.5. The number of benzene rings is 1. The van der Waals surface area contributed by atoms with Gasteiger partial charge >= 0.3 is 0 Å². The summed E-state index contributed by atoms with van der Waals surface area (Å²) in [4.78, 5) is 15.0. The van der Waals surface area contributed by atoms with E-state index in [0.29, 0.717) is 5.92 Å². The van der Waals surface area contributed by atoms with Crippen molar-refractivity contribution in [2.75, 3.05) is 39.4 Å². The lowest BCUT2D eigenvalue weighted by atomic mass is 9.95. The zero-order valence-corrected chi connectivity index (χ0v) is 15.5. The van der Waals surface area contributed by atoms with E-state index in [1.165, 1.54) is 45.3 Å². The number of rotatable bonds is 7. The van der Waals surface area contributed by atoms with Crippen molar-refractivity contribution in [3.05, 3.63) is 35.4 Å². The van der Waals surface area contributed by atoms with Crippen LogP contribution in [0.2, 0.25) is 0 Å². The lowest BCUT2D eigenvalue weighted by Gasteiger charge is -2.32. The fourth-order valence-electron chi connectivity index (χ4n) is 3.97. The van der Waals surface area contributed by atoms with Gasteiger partial charge in [-0.1, -0.05) is 25.1 Å². The van der Waals surface area contributed by atoms with Crippen molar-refractivity contribution in [3.63, 3.8) is 0 Å². The second-order valence-corrected chi connectivity index (χ2v) is 7.52. The van der Waals surface area contributed by atoms with Gasteiger partial charge in [0.25, 0.3) is 5.91 Å². The number of carbonyl (C=O) groups is 1. The Morgan fingerprint density at radius 3 is 2.72 bits per heavy atom. The molecule has 0 spiro atoms. The average Bonchev–Trinajstić information content (AvgIpc) is 3.19. The molecule has 2 fully saturated rings. The number of amides is 1. The maximum atomic E-state index is 12.4. The molecule has 1 atom stereocenters. The van der Waals surface area contributed by atoms with Gasteiger partial charge in [-0.3, -0.25) is 4.79 Å². The smallest absolute Gasteiger partial charge is 0.251 e. The van der Waals surface area contributed by atoms with Gasteiger partial charge in [0.15, 0.2) is 0 Å². The molecule has 1 aromatic rings. The molecule has 25 heavy (non-hydrogen) atoms. The molecule has 0 aliphatic carbocycles. The van der Waals surface area contributed by atoms with Gasteiger partial charge in [0, 0.05) is 25.3 Å². The molecule has 0 bridgehead atoms. The third-order valence-corrected chi connectivity index (χ3v) is 5.78. The van der Waals surface area contributed by atoms with Crippen LogP contribution in [-0.4, -0.2) is 50.2 Å². The highest BCUT2D eigenvalue weighted by Gasteiger charge is 2.22. The monoisotopic (exact) mass is 344 g/mol. The van der Waals surface area contributed by atoms with Gasteiger partial charge in [-0.2, -0.15) is 0 Å². The molecular formula is C21H32N2O2. The van der Waals surface area contributed by atoms with Crippen molar-refractivity contribution in [3.8, 4) is 0 Å². The van der Waals surface area contributed by atoms with Gasteiger partial charge in [0.05, 0.1) is 0 Å². The molecule has 2 aliphatic heterocycles. The SMILES string of the molecule is CCc1ccccc1C(=O)NCC1CCN(CCC2CCOC2)CC1. The Morgan fingerprint density at radius 2 is 2.00 bits per heavy atom. The molecule has 1 unspecified atom stereocenters. The van der Waals surface area contributed by atoms with Crippen LogP contribution < -0.4 is 5.32 Å². The Labute approximate surface area is 151 Å². The van der Waals surface area contributed by atoms with Crippen LogP contribution >= 0.6 is 0 Å². The number of likely N-dealkylation sites (tertiary alicyclic amines) is 1. The van der Waals surface area contributed by atoms with Crippen LogP contribution in [0.3, 0.4) is 0 Å². The molecular weight excluding hydrogens is 312 g/mol. The lowest BCUT2D eigenvalue weighted by molar-refractivity contribution is 0.0934. The van der Waals surface area contributed by atoms with E-state index in [1.54, 1.807) is 0 Å². The van der Waals surface area contributed by atoms with Crippen molar-refractivity contribution >= 4 is 5.91 Å². The number of hydrogen-bond donors (Lipinski definition) is 1. The summed E-state index contributed by atoms with van der Waals surface area (Å²) in [6.07, 6.45) is 5.79. The number of carbonyl (C=O) groups excluding carboxylic acids is 1. The van der Waals surface area contributed by atoms with E-state index in [-0.39, 0.29) is 5.91 Å². The van der Waals surface area contributed by atoms with Gasteiger partial charge in [-0.25, -0.2) is 0 Å². The van der Waals surface area contributed by atoms with E-state index in [2.05, 4.69) is 17.1 Å². The Hall–Kier alpha value is -1.39. The molecule has 138 valence electrons. The summed E-state index contributed by atoms with van der Waals surface area (Å²) in [6.45, 7) is 8.35. The largest absolute Gasteiger partial charge is 0.381 e. The third-order valence-electron chi connectivity index (χ3n) is 5.78. The first kappa shape index (κ1) is 18.4. The highest BCUT2D eigenvalue weighted by molar-refractivity contribution is 5.95. The average molecular weight is 344 g/mol. The summed E-state index contributed by atoms with van der Waals surface area (Å²) >= 11 is 0. The minimum atomic E-state index is 0.0844. The summed E-state index contributed by atoms with van der Waals surface area (Å²) in [6, 6.07) is 7.93. The Morgan fingerprint density at radius 1 is 1.20 bits per heavy atom. The Kier molecular flexibility index (Phi) is 6.88. The first-order chi connectivity index (χ1) is 12.3. The predicted octanol–water partition coefficient (Wildman–Crippen LogP) is 3.12. The van der Waals surface area contributed by atoms with Gasteiger partial charge in [0.1, 0.15) is 0 Å².